The molecule has 0 fully saturated rings. The lowest BCUT2D eigenvalue weighted by atomic mass is 10.1. The van der Waals surface area contributed by atoms with Gasteiger partial charge in [0, 0.05) is 12.6 Å². The van der Waals surface area contributed by atoms with Crippen LogP contribution in [0.5, 0.6) is 0 Å². The van der Waals surface area contributed by atoms with Crippen molar-refractivity contribution in [3.8, 4) is 0 Å². The molecule has 2 rings (SSSR count). The van der Waals surface area contributed by atoms with E-state index in [0.29, 0.717) is 25.8 Å². The SMILES string of the molecule is CCNC(=NCc1ccccc1COCc1ccccc1)NC(C)C. The molecule has 2 aromatic carbocycles. The van der Waals surface area contributed by atoms with Gasteiger partial charge in [-0.05, 0) is 37.5 Å². The third-order valence-corrected chi connectivity index (χ3v) is 3.66. The highest BCUT2D eigenvalue weighted by atomic mass is 16.5. The van der Waals surface area contributed by atoms with Crippen LogP contribution in [0.2, 0.25) is 0 Å². The zero-order valence-electron chi connectivity index (χ0n) is 15.5. The fraction of sp³-hybridized carbons (Fsp3) is 0.381. The molecule has 4 nitrogen and oxygen atoms in total. The van der Waals surface area contributed by atoms with Crippen molar-refractivity contribution in [3.05, 3.63) is 71.3 Å². The highest BCUT2D eigenvalue weighted by Crippen LogP contribution is 2.13. The van der Waals surface area contributed by atoms with E-state index in [9.17, 15) is 0 Å². The quantitative estimate of drug-likeness (QED) is 0.567. The Morgan fingerprint density at radius 2 is 1.64 bits per heavy atom. The maximum Gasteiger partial charge on any atom is 0.191 e. The second-order valence-corrected chi connectivity index (χ2v) is 6.24. The second kappa shape index (κ2) is 10.5. The predicted octanol–water partition coefficient (Wildman–Crippen LogP) is 3.87. The van der Waals surface area contributed by atoms with Crippen LogP contribution in [0.15, 0.2) is 59.6 Å². The molecule has 0 amide bonds. The van der Waals surface area contributed by atoms with Crippen LogP contribution in [0.4, 0.5) is 0 Å². The average Bonchev–Trinajstić information content (AvgIpc) is 2.61. The molecular formula is C21H29N3O. The Labute approximate surface area is 151 Å². The summed E-state index contributed by atoms with van der Waals surface area (Å²) in [5.41, 5.74) is 3.56. The Morgan fingerprint density at radius 1 is 0.960 bits per heavy atom. The summed E-state index contributed by atoms with van der Waals surface area (Å²) < 4.78 is 5.89. The number of ether oxygens (including phenoxy) is 1. The largest absolute Gasteiger partial charge is 0.372 e. The number of aliphatic imine (C=N–C) groups is 1. The smallest absolute Gasteiger partial charge is 0.191 e. The first kappa shape index (κ1) is 19.0. The maximum absolute atomic E-state index is 5.89. The Bertz CT molecular complexity index is 653. The fourth-order valence-corrected chi connectivity index (χ4v) is 2.46. The molecule has 0 aromatic heterocycles. The van der Waals surface area contributed by atoms with E-state index >= 15 is 0 Å². The van der Waals surface area contributed by atoms with E-state index in [2.05, 4.69) is 60.7 Å². The lowest BCUT2D eigenvalue weighted by molar-refractivity contribution is 0.106. The van der Waals surface area contributed by atoms with Crippen molar-refractivity contribution >= 4 is 5.96 Å². The van der Waals surface area contributed by atoms with Crippen molar-refractivity contribution in [3.63, 3.8) is 0 Å². The molecule has 0 bridgehead atoms. The molecule has 0 atom stereocenters. The van der Waals surface area contributed by atoms with E-state index in [1.807, 2.05) is 30.3 Å². The molecule has 0 saturated heterocycles. The normalized spacial score (nSPS) is 11.6. The Kier molecular flexibility index (Phi) is 7.99. The van der Waals surface area contributed by atoms with Gasteiger partial charge in [-0.2, -0.15) is 0 Å². The third-order valence-electron chi connectivity index (χ3n) is 3.66. The van der Waals surface area contributed by atoms with Gasteiger partial charge in [0.05, 0.1) is 19.8 Å². The molecule has 0 spiro atoms. The molecule has 0 aliphatic rings. The van der Waals surface area contributed by atoms with E-state index in [0.717, 1.165) is 12.5 Å². The van der Waals surface area contributed by atoms with Gasteiger partial charge in [0.25, 0.3) is 0 Å². The monoisotopic (exact) mass is 339 g/mol. The average molecular weight is 339 g/mol. The van der Waals surface area contributed by atoms with Gasteiger partial charge in [0.1, 0.15) is 0 Å². The number of guanidine groups is 1. The number of nitrogens with zero attached hydrogens (tertiary/aromatic N) is 1. The zero-order chi connectivity index (χ0) is 17.9. The zero-order valence-corrected chi connectivity index (χ0v) is 15.5. The first-order valence-electron chi connectivity index (χ1n) is 8.92. The summed E-state index contributed by atoms with van der Waals surface area (Å²) in [4.78, 5) is 4.69. The van der Waals surface area contributed by atoms with Gasteiger partial charge in [0.15, 0.2) is 5.96 Å². The number of nitrogens with one attached hydrogen (secondary N) is 2. The Hall–Kier alpha value is -2.33. The number of hydrogen-bond donors (Lipinski definition) is 2. The highest BCUT2D eigenvalue weighted by molar-refractivity contribution is 5.80. The molecule has 0 heterocycles. The lowest BCUT2D eigenvalue weighted by Crippen LogP contribution is -2.41. The molecule has 2 N–H and O–H groups in total. The van der Waals surface area contributed by atoms with Crippen LogP contribution in [0.1, 0.15) is 37.5 Å². The van der Waals surface area contributed by atoms with Crippen molar-refractivity contribution in [1.82, 2.24) is 10.6 Å². The van der Waals surface area contributed by atoms with Gasteiger partial charge in [-0.25, -0.2) is 4.99 Å². The highest BCUT2D eigenvalue weighted by Gasteiger charge is 2.04. The Balaban J connectivity index is 1.96. The van der Waals surface area contributed by atoms with Crippen LogP contribution >= 0.6 is 0 Å². The molecule has 0 saturated carbocycles. The van der Waals surface area contributed by atoms with Crippen LogP contribution in [-0.2, 0) is 24.5 Å². The van der Waals surface area contributed by atoms with Crippen LogP contribution in [0.3, 0.4) is 0 Å². The second-order valence-electron chi connectivity index (χ2n) is 6.24. The molecule has 134 valence electrons. The molecule has 0 aliphatic carbocycles. The minimum atomic E-state index is 0.349. The summed E-state index contributed by atoms with van der Waals surface area (Å²) in [6.07, 6.45) is 0. The van der Waals surface area contributed by atoms with Gasteiger partial charge < -0.3 is 15.4 Å². The van der Waals surface area contributed by atoms with Gasteiger partial charge in [0.2, 0.25) is 0 Å². The topological polar surface area (TPSA) is 45.7 Å². The van der Waals surface area contributed by atoms with Gasteiger partial charge in [-0.1, -0.05) is 54.6 Å². The molecule has 4 heteroatoms. The van der Waals surface area contributed by atoms with Gasteiger partial charge in [-0.3, -0.25) is 0 Å². The predicted molar refractivity (Wildman–Crippen MR) is 104 cm³/mol. The van der Waals surface area contributed by atoms with Crippen LogP contribution in [0.25, 0.3) is 0 Å². The summed E-state index contributed by atoms with van der Waals surface area (Å²) in [5, 5.41) is 6.62. The third kappa shape index (κ3) is 6.98. The standard InChI is InChI=1S/C21H29N3O/c1-4-22-21(24-17(2)3)23-14-19-12-8-9-13-20(19)16-25-15-18-10-6-5-7-11-18/h5-13,17H,4,14-16H2,1-3H3,(H2,22,23,24). The van der Waals surface area contributed by atoms with Gasteiger partial charge >= 0.3 is 0 Å². The van der Waals surface area contributed by atoms with Gasteiger partial charge in [-0.15, -0.1) is 0 Å². The van der Waals surface area contributed by atoms with E-state index in [4.69, 9.17) is 4.74 Å². The van der Waals surface area contributed by atoms with Crippen molar-refractivity contribution in [2.24, 2.45) is 4.99 Å². The van der Waals surface area contributed by atoms with Crippen molar-refractivity contribution in [1.29, 1.82) is 0 Å². The summed E-state index contributed by atoms with van der Waals surface area (Å²) in [5.74, 6) is 0.845. The van der Waals surface area contributed by atoms with Crippen LogP contribution in [-0.4, -0.2) is 18.5 Å². The van der Waals surface area contributed by atoms with E-state index in [1.54, 1.807) is 0 Å². The summed E-state index contributed by atoms with van der Waals surface area (Å²) in [6, 6.07) is 18.9. The van der Waals surface area contributed by atoms with Crippen molar-refractivity contribution in [2.75, 3.05) is 6.54 Å². The molecule has 0 radical (unpaired) electrons. The summed E-state index contributed by atoms with van der Waals surface area (Å²) >= 11 is 0. The minimum Gasteiger partial charge on any atom is -0.372 e. The van der Waals surface area contributed by atoms with E-state index < -0.39 is 0 Å². The van der Waals surface area contributed by atoms with E-state index in [-0.39, 0.29) is 0 Å². The van der Waals surface area contributed by atoms with E-state index in [1.165, 1.54) is 16.7 Å². The summed E-state index contributed by atoms with van der Waals surface area (Å²) in [7, 11) is 0. The maximum atomic E-state index is 5.89. The first-order chi connectivity index (χ1) is 12.2. The van der Waals surface area contributed by atoms with Crippen molar-refractivity contribution < 1.29 is 4.74 Å². The number of hydrogen-bond acceptors (Lipinski definition) is 2. The fourth-order valence-electron chi connectivity index (χ4n) is 2.46. The molecule has 25 heavy (non-hydrogen) atoms. The molecular weight excluding hydrogens is 310 g/mol. The molecule has 2 aromatic rings. The number of benzene rings is 2. The first-order valence-corrected chi connectivity index (χ1v) is 8.92. The lowest BCUT2D eigenvalue weighted by Gasteiger charge is -2.14. The van der Waals surface area contributed by atoms with Crippen molar-refractivity contribution in [2.45, 2.75) is 46.6 Å². The van der Waals surface area contributed by atoms with Crippen LogP contribution in [0, 0.1) is 0 Å². The molecule has 0 unspecified atom stereocenters. The van der Waals surface area contributed by atoms with Crippen LogP contribution < -0.4 is 10.6 Å². The summed E-state index contributed by atoms with van der Waals surface area (Å²) in [6.45, 7) is 8.98. The minimum absolute atomic E-state index is 0.349. The number of rotatable bonds is 8. The Morgan fingerprint density at radius 3 is 2.32 bits per heavy atom. The molecule has 0 aliphatic heterocycles.